The lowest BCUT2D eigenvalue weighted by Gasteiger charge is -2.14. The Kier molecular flexibility index (Phi) is 17.7. The van der Waals surface area contributed by atoms with Gasteiger partial charge in [0, 0.05) is 0 Å². The third-order valence-corrected chi connectivity index (χ3v) is 4.75. The molecule has 1 atom stereocenters. The van der Waals surface area contributed by atoms with Gasteiger partial charge in [-0.25, -0.2) is 0 Å². The highest BCUT2D eigenvalue weighted by Crippen LogP contribution is 2.16. The van der Waals surface area contributed by atoms with E-state index in [0.717, 1.165) is 6.42 Å². The highest BCUT2D eigenvalue weighted by atomic mass is 16.6. The summed E-state index contributed by atoms with van der Waals surface area (Å²) in [7, 11) is 0. The molecule has 0 fully saturated rings. The Hall–Kier alpha value is -1.18. The fraction of sp³-hybridized carbons (Fsp3) is 0.750. The quantitative estimate of drug-likeness (QED) is 0.228. The molecular formula is C24H42O6. The van der Waals surface area contributed by atoms with Gasteiger partial charge in [-0.2, -0.15) is 0 Å². The number of aliphatic hydroxyl groups excluding tert-OH is 2. The minimum atomic E-state index is -1.00. The molecule has 174 valence electrons. The molecule has 6 heteroatoms. The van der Waals surface area contributed by atoms with Gasteiger partial charge in [-0.3, -0.25) is 0 Å². The van der Waals surface area contributed by atoms with Crippen LogP contribution < -0.4 is 4.74 Å². The molecule has 1 aromatic carbocycles. The van der Waals surface area contributed by atoms with E-state index in [-0.39, 0.29) is 13.2 Å². The first-order valence-electron chi connectivity index (χ1n) is 11.5. The molecule has 1 unspecified atom stereocenters. The summed E-state index contributed by atoms with van der Waals surface area (Å²) in [6, 6.07) is 7.94. The van der Waals surface area contributed by atoms with Gasteiger partial charge in [0.2, 0.25) is 6.29 Å². The van der Waals surface area contributed by atoms with E-state index >= 15 is 0 Å². The SMILES string of the molecule is CCCCCCCCCCc1ccc(OC(O)COCCOCCOCCO)cc1. The summed E-state index contributed by atoms with van der Waals surface area (Å²) in [5, 5.41) is 18.5. The topological polar surface area (TPSA) is 77.4 Å². The summed E-state index contributed by atoms with van der Waals surface area (Å²) in [5.41, 5.74) is 1.30. The first-order valence-corrected chi connectivity index (χ1v) is 11.5. The number of unbranched alkanes of at least 4 members (excludes halogenated alkanes) is 7. The van der Waals surface area contributed by atoms with E-state index in [1.54, 1.807) is 0 Å². The van der Waals surface area contributed by atoms with Crippen LogP contribution in [0.4, 0.5) is 0 Å². The predicted octanol–water partition coefficient (Wildman–Crippen LogP) is 4.11. The number of aryl methyl sites for hydroxylation is 1. The summed E-state index contributed by atoms with van der Waals surface area (Å²) >= 11 is 0. The van der Waals surface area contributed by atoms with Gasteiger partial charge in [0.15, 0.2) is 0 Å². The Balaban J connectivity index is 2.01. The van der Waals surface area contributed by atoms with Gasteiger partial charge in [-0.05, 0) is 30.5 Å². The van der Waals surface area contributed by atoms with Crippen LogP contribution in [0.5, 0.6) is 5.75 Å². The molecule has 1 aromatic rings. The molecule has 0 radical (unpaired) electrons. The van der Waals surface area contributed by atoms with E-state index < -0.39 is 6.29 Å². The van der Waals surface area contributed by atoms with Crippen LogP contribution in [0.25, 0.3) is 0 Å². The van der Waals surface area contributed by atoms with Crippen molar-refractivity contribution < 1.29 is 29.2 Å². The van der Waals surface area contributed by atoms with E-state index in [4.69, 9.17) is 24.1 Å². The Morgan fingerprint density at radius 2 is 1.30 bits per heavy atom. The van der Waals surface area contributed by atoms with Crippen LogP contribution in [-0.4, -0.2) is 62.8 Å². The largest absolute Gasteiger partial charge is 0.463 e. The van der Waals surface area contributed by atoms with Crippen LogP contribution in [-0.2, 0) is 20.6 Å². The number of hydrogen-bond acceptors (Lipinski definition) is 6. The number of hydrogen-bond donors (Lipinski definition) is 2. The van der Waals surface area contributed by atoms with Gasteiger partial charge < -0.3 is 29.2 Å². The third kappa shape index (κ3) is 15.6. The zero-order valence-corrected chi connectivity index (χ0v) is 18.7. The number of rotatable bonds is 21. The molecule has 0 aromatic heterocycles. The molecule has 0 heterocycles. The maximum Gasteiger partial charge on any atom is 0.221 e. The van der Waals surface area contributed by atoms with E-state index in [0.29, 0.717) is 38.8 Å². The molecule has 0 bridgehead atoms. The number of aliphatic hydroxyl groups is 2. The van der Waals surface area contributed by atoms with Crippen molar-refractivity contribution in [3.8, 4) is 5.75 Å². The van der Waals surface area contributed by atoms with Crippen LogP contribution in [0.2, 0.25) is 0 Å². The zero-order valence-electron chi connectivity index (χ0n) is 18.7. The van der Waals surface area contributed by atoms with Crippen LogP contribution in [0.1, 0.15) is 63.9 Å². The van der Waals surface area contributed by atoms with Crippen molar-refractivity contribution in [2.75, 3.05) is 46.2 Å². The third-order valence-electron chi connectivity index (χ3n) is 4.75. The van der Waals surface area contributed by atoms with Crippen molar-refractivity contribution in [2.45, 2.75) is 71.0 Å². The van der Waals surface area contributed by atoms with Crippen LogP contribution in [0, 0.1) is 0 Å². The lowest BCUT2D eigenvalue weighted by Crippen LogP contribution is -2.23. The Labute approximate surface area is 182 Å². The maximum absolute atomic E-state index is 9.92. The fourth-order valence-corrected chi connectivity index (χ4v) is 3.08. The van der Waals surface area contributed by atoms with Crippen LogP contribution >= 0.6 is 0 Å². The average molecular weight is 427 g/mol. The molecule has 0 aliphatic heterocycles. The van der Waals surface area contributed by atoms with E-state index in [2.05, 4.69) is 19.1 Å². The summed E-state index contributed by atoms with van der Waals surface area (Å²) in [6.07, 6.45) is 10.7. The summed E-state index contributed by atoms with van der Waals surface area (Å²) in [4.78, 5) is 0. The molecule has 0 saturated heterocycles. The molecule has 0 saturated carbocycles. The molecule has 0 aliphatic rings. The van der Waals surface area contributed by atoms with Crippen LogP contribution in [0.15, 0.2) is 24.3 Å². The second-order valence-corrected chi connectivity index (χ2v) is 7.46. The van der Waals surface area contributed by atoms with Crippen molar-refractivity contribution in [2.24, 2.45) is 0 Å². The Morgan fingerprint density at radius 1 is 0.733 bits per heavy atom. The highest BCUT2D eigenvalue weighted by Gasteiger charge is 2.06. The van der Waals surface area contributed by atoms with E-state index in [9.17, 15) is 5.11 Å². The summed E-state index contributed by atoms with van der Waals surface area (Å²) in [5.74, 6) is 0.642. The Bertz CT molecular complexity index is 479. The second-order valence-electron chi connectivity index (χ2n) is 7.46. The standard InChI is InChI=1S/C24H42O6/c1-2-3-4-5-6-7-8-9-10-22-11-13-23(14-12-22)30-24(26)21-29-20-19-28-18-17-27-16-15-25/h11-14,24-26H,2-10,15-21H2,1H3. The van der Waals surface area contributed by atoms with E-state index in [1.165, 1.54) is 56.9 Å². The van der Waals surface area contributed by atoms with Gasteiger partial charge >= 0.3 is 0 Å². The van der Waals surface area contributed by atoms with Crippen molar-refractivity contribution in [3.63, 3.8) is 0 Å². The molecule has 1 rings (SSSR count). The fourth-order valence-electron chi connectivity index (χ4n) is 3.08. The predicted molar refractivity (Wildman–Crippen MR) is 119 cm³/mol. The van der Waals surface area contributed by atoms with Gasteiger partial charge in [0.05, 0.1) is 39.6 Å². The minimum absolute atomic E-state index is 0.0168. The minimum Gasteiger partial charge on any atom is -0.463 e. The first kappa shape index (κ1) is 26.9. The number of benzene rings is 1. The van der Waals surface area contributed by atoms with Crippen molar-refractivity contribution in [3.05, 3.63) is 29.8 Å². The summed E-state index contributed by atoms with van der Waals surface area (Å²) < 4.78 is 21.2. The molecular weight excluding hydrogens is 384 g/mol. The van der Waals surface area contributed by atoms with Gasteiger partial charge in [-0.15, -0.1) is 0 Å². The van der Waals surface area contributed by atoms with Crippen molar-refractivity contribution >= 4 is 0 Å². The lowest BCUT2D eigenvalue weighted by molar-refractivity contribution is -0.0858. The molecule has 0 spiro atoms. The normalized spacial score (nSPS) is 12.2. The van der Waals surface area contributed by atoms with Crippen molar-refractivity contribution in [1.29, 1.82) is 0 Å². The molecule has 30 heavy (non-hydrogen) atoms. The molecule has 6 nitrogen and oxygen atoms in total. The molecule has 0 amide bonds. The lowest BCUT2D eigenvalue weighted by atomic mass is 10.0. The van der Waals surface area contributed by atoms with Crippen LogP contribution in [0.3, 0.4) is 0 Å². The maximum atomic E-state index is 9.92. The zero-order chi connectivity index (χ0) is 21.7. The number of ether oxygens (including phenoxy) is 4. The van der Waals surface area contributed by atoms with Gasteiger partial charge in [0.1, 0.15) is 12.4 Å². The molecule has 2 N–H and O–H groups in total. The smallest absolute Gasteiger partial charge is 0.221 e. The second kappa shape index (κ2) is 19.8. The van der Waals surface area contributed by atoms with E-state index in [1.807, 2.05) is 12.1 Å². The first-order chi connectivity index (χ1) is 14.8. The monoisotopic (exact) mass is 426 g/mol. The van der Waals surface area contributed by atoms with Gasteiger partial charge in [-0.1, -0.05) is 64.0 Å². The highest BCUT2D eigenvalue weighted by molar-refractivity contribution is 5.27. The van der Waals surface area contributed by atoms with Crippen molar-refractivity contribution in [1.82, 2.24) is 0 Å². The van der Waals surface area contributed by atoms with Gasteiger partial charge in [0.25, 0.3) is 0 Å². The average Bonchev–Trinajstić information content (AvgIpc) is 2.75. The molecule has 0 aliphatic carbocycles. The summed E-state index contributed by atoms with van der Waals surface area (Å²) in [6.45, 7) is 4.37. The Morgan fingerprint density at radius 3 is 1.93 bits per heavy atom.